The second-order valence-corrected chi connectivity index (χ2v) is 3.41. The molecule has 0 radical (unpaired) electrons. The maximum Gasteiger partial charge on any atom is 0.142 e. The van der Waals surface area contributed by atoms with Gasteiger partial charge in [-0.1, -0.05) is 27.2 Å². The van der Waals surface area contributed by atoms with Gasteiger partial charge in [-0.05, 0) is 5.92 Å². The molecule has 0 N–H and O–H groups in total. The summed E-state index contributed by atoms with van der Waals surface area (Å²) in [7, 11) is 2.16. The van der Waals surface area contributed by atoms with Crippen molar-refractivity contribution in [3.63, 3.8) is 0 Å². The highest BCUT2D eigenvalue weighted by Crippen LogP contribution is 2.02. The molecule has 0 aliphatic rings. The van der Waals surface area contributed by atoms with Crippen LogP contribution in [-0.2, 0) is 0 Å². The molecule has 0 heterocycles. The van der Waals surface area contributed by atoms with Gasteiger partial charge in [0.1, 0.15) is 19.8 Å². The van der Waals surface area contributed by atoms with Crippen molar-refractivity contribution in [1.82, 2.24) is 0 Å². The predicted molar refractivity (Wildman–Crippen MR) is 51.5 cm³/mol. The average molecular weight is 156 g/mol. The van der Waals surface area contributed by atoms with E-state index < -0.39 is 0 Å². The second kappa shape index (κ2) is 6.38. The third-order valence-corrected chi connectivity index (χ3v) is 2.09. The second-order valence-electron chi connectivity index (χ2n) is 3.41. The molecule has 11 heavy (non-hydrogen) atoms. The minimum atomic E-state index is 0.842. The van der Waals surface area contributed by atoms with Crippen LogP contribution in [0.2, 0.25) is 0 Å². The summed E-state index contributed by atoms with van der Waals surface area (Å²) in [5.74, 6) is 0.842. The molecule has 0 aromatic heterocycles. The van der Waals surface area contributed by atoms with Crippen molar-refractivity contribution >= 4 is 6.21 Å². The highest BCUT2D eigenvalue weighted by molar-refractivity contribution is 5.51. The normalized spacial score (nSPS) is 15.1. The fourth-order valence-corrected chi connectivity index (χ4v) is 0.971. The van der Waals surface area contributed by atoms with E-state index in [1.54, 1.807) is 0 Å². The zero-order chi connectivity index (χ0) is 8.69. The van der Waals surface area contributed by atoms with Crippen LogP contribution in [0.15, 0.2) is 0 Å². The Balaban J connectivity index is 3.54. The Hall–Kier alpha value is -0.330. The molecule has 0 bridgehead atoms. The summed E-state index contributed by atoms with van der Waals surface area (Å²) in [6, 6.07) is 0. The van der Waals surface area contributed by atoms with E-state index >= 15 is 0 Å². The van der Waals surface area contributed by atoms with Gasteiger partial charge in [-0.3, -0.25) is 0 Å². The van der Waals surface area contributed by atoms with E-state index in [2.05, 4.69) is 38.6 Å². The zero-order valence-corrected chi connectivity index (χ0v) is 8.43. The minimum absolute atomic E-state index is 0.842. The van der Waals surface area contributed by atoms with Crippen molar-refractivity contribution in [2.45, 2.75) is 40.0 Å². The van der Waals surface area contributed by atoms with Gasteiger partial charge in [0, 0.05) is 12.8 Å². The average Bonchev–Trinajstić information content (AvgIpc) is 2.01. The maximum atomic E-state index is 2.32. The monoisotopic (exact) mass is 156 g/mol. The van der Waals surface area contributed by atoms with E-state index in [0.29, 0.717) is 0 Å². The summed E-state index contributed by atoms with van der Waals surface area (Å²) in [4.78, 5) is 0. The lowest BCUT2D eigenvalue weighted by Crippen LogP contribution is -2.09. The van der Waals surface area contributed by atoms with E-state index in [4.69, 9.17) is 0 Å². The summed E-state index contributed by atoms with van der Waals surface area (Å²) in [5, 5.41) is 0. The summed E-state index contributed by atoms with van der Waals surface area (Å²) in [5.41, 5.74) is 0. The van der Waals surface area contributed by atoms with Crippen LogP contribution >= 0.6 is 0 Å². The van der Waals surface area contributed by atoms with Crippen LogP contribution in [0, 0.1) is 5.92 Å². The van der Waals surface area contributed by atoms with Gasteiger partial charge in [-0.2, -0.15) is 0 Å². The predicted octanol–water partition coefficient (Wildman–Crippen LogP) is 2.55. The third kappa shape index (κ3) is 6.08. The van der Waals surface area contributed by atoms with Crippen molar-refractivity contribution < 1.29 is 4.58 Å². The molecule has 0 amide bonds. The lowest BCUT2D eigenvalue weighted by atomic mass is 10.1. The van der Waals surface area contributed by atoms with E-state index in [1.807, 2.05) is 0 Å². The van der Waals surface area contributed by atoms with Gasteiger partial charge in [-0.25, -0.2) is 4.58 Å². The smallest absolute Gasteiger partial charge is 0.142 e. The first-order valence-electron chi connectivity index (χ1n) is 4.74. The van der Waals surface area contributed by atoms with E-state index in [9.17, 15) is 0 Å². The minimum Gasteiger partial charge on any atom is -0.242 e. The molecular formula is C10H22N+. The van der Waals surface area contributed by atoms with Crippen LogP contribution in [0.25, 0.3) is 0 Å². The van der Waals surface area contributed by atoms with Crippen LogP contribution in [-0.4, -0.2) is 24.4 Å². The summed E-state index contributed by atoms with van der Waals surface area (Å²) in [6.07, 6.45) is 6.08. The Bertz CT molecular complexity index is 116. The maximum absolute atomic E-state index is 2.32. The number of hydrogen-bond donors (Lipinski definition) is 0. The van der Waals surface area contributed by atoms with Gasteiger partial charge in [0.2, 0.25) is 0 Å². The van der Waals surface area contributed by atoms with E-state index in [-0.39, 0.29) is 0 Å². The molecule has 0 spiro atoms. The van der Waals surface area contributed by atoms with E-state index in [1.165, 1.54) is 25.8 Å². The third-order valence-electron chi connectivity index (χ3n) is 2.09. The zero-order valence-electron chi connectivity index (χ0n) is 8.43. The number of nitrogens with zero attached hydrogens (tertiary/aromatic N) is 1. The van der Waals surface area contributed by atoms with Gasteiger partial charge in [0.15, 0.2) is 0 Å². The Labute approximate surface area is 71.1 Å². The van der Waals surface area contributed by atoms with Crippen molar-refractivity contribution in [3.8, 4) is 0 Å². The molecule has 0 saturated heterocycles. The SMILES string of the molecule is CCC[N+](C)=CCC(C)CC. The quantitative estimate of drug-likeness (QED) is 0.425. The first-order valence-corrected chi connectivity index (χ1v) is 4.74. The van der Waals surface area contributed by atoms with Crippen LogP contribution in [0.5, 0.6) is 0 Å². The molecular weight excluding hydrogens is 134 g/mol. The number of rotatable bonds is 5. The van der Waals surface area contributed by atoms with Gasteiger partial charge in [-0.15, -0.1) is 0 Å². The molecule has 0 fully saturated rings. The fraction of sp³-hybridized carbons (Fsp3) is 0.900. The molecule has 0 aromatic rings. The standard InChI is InChI=1S/C10H22N/c1-5-8-11(4)9-7-10(3)6-2/h9-10H,5-8H2,1-4H3/q+1. The highest BCUT2D eigenvalue weighted by atomic mass is 14.9. The van der Waals surface area contributed by atoms with Crippen molar-refractivity contribution in [3.05, 3.63) is 0 Å². The Morgan fingerprint density at radius 3 is 2.45 bits per heavy atom. The lowest BCUT2D eigenvalue weighted by molar-refractivity contribution is -0.493. The van der Waals surface area contributed by atoms with Crippen molar-refractivity contribution in [2.75, 3.05) is 13.6 Å². The molecule has 0 rings (SSSR count). The largest absolute Gasteiger partial charge is 0.242 e. The van der Waals surface area contributed by atoms with Gasteiger partial charge in [0.25, 0.3) is 0 Å². The van der Waals surface area contributed by atoms with Gasteiger partial charge < -0.3 is 0 Å². The summed E-state index contributed by atoms with van der Waals surface area (Å²) < 4.78 is 2.30. The summed E-state index contributed by atoms with van der Waals surface area (Å²) in [6.45, 7) is 7.96. The molecule has 66 valence electrons. The fourth-order valence-electron chi connectivity index (χ4n) is 0.971. The molecule has 0 saturated carbocycles. The first-order chi connectivity index (χ1) is 5.20. The molecule has 1 nitrogen and oxygen atoms in total. The molecule has 1 unspecified atom stereocenters. The molecule has 0 aromatic carbocycles. The Morgan fingerprint density at radius 2 is 2.00 bits per heavy atom. The van der Waals surface area contributed by atoms with E-state index in [0.717, 1.165) is 5.92 Å². The van der Waals surface area contributed by atoms with Gasteiger partial charge in [0.05, 0.1) is 0 Å². The van der Waals surface area contributed by atoms with Gasteiger partial charge >= 0.3 is 0 Å². The molecule has 0 aliphatic carbocycles. The Morgan fingerprint density at radius 1 is 1.36 bits per heavy atom. The molecule has 1 atom stereocenters. The topological polar surface area (TPSA) is 3.01 Å². The molecule has 1 heteroatoms. The van der Waals surface area contributed by atoms with Crippen LogP contribution in [0.3, 0.4) is 0 Å². The lowest BCUT2D eigenvalue weighted by Gasteiger charge is -2.01. The van der Waals surface area contributed by atoms with Crippen LogP contribution < -0.4 is 0 Å². The molecule has 0 aliphatic heterocycles. The van der Waals surface area contributed by atoms with Crippen molar-refractivity contribution in [1.29, 1.82) is 0 Å². The Kier molecular flexibility index (Phi) is 6.19. The first kappa shape index (κ1) is 10.7. The summed E-state index contributed by atoms with van der Waals surface area (Å²) >= 11 is 0. The van der Waals surface area contributed by atoms with Crippen LogP contribution in [0.1, 0.15) is 40.0 Å². The number of hydrogen-bond acceptors (Lipinski definition) is 0. The highest BCUT2D eigenvalue weighted by Gasteiger charge is 1.99. The van der Waals surface area contributed by atoms with Crippen molar-refractivity contribution in [2.24, 2.45) is 5.92 Å². The van der Waals surface area contributed by atoms with Crippen LogP contribution in [0.4, 0.5) is 0 Å².